The number of nitrogens with zero attached hydrogens (tertiary/aromatic N) is 3. The molecule has 0 aliphatic carbocycles. The first-order chi connectivity index (χ1) is 16.6. The highest BCUT2D eigenvalue weighted by atomic mass is 19.4. The van der Waals surface area contributed by atoms with E-state index in [-0.39, 0.29) is 42.6 Å². The minimum absolute atomic E-state index is 0.0492. The second-order valence-corrected chi connectivity index (χ2v) is 8.33. The van der Waals surface area contributed by atoms with Crippen molar-refractivity contribution >= 4 is 28.4 Å². The van der Waals surface area contributed by atoms with Crippen LogP contribution in [0.5, 0.6) is 0 Å². The number of H-pyrrole nitrogens is 1. The Morgan fingerprint density at radius 1 is 1.40 bits per heavy atom. The zero-order valence-corrected chi connectivity index (χ0v) is 18.2. The molecule has 10 nitrogen and oxygen atoms in total. The van der Waals surface area contributed by atoms with Gasteiger partial charge in [0.1, 0.15) is 11.4 Å². The Bertz CT molecular complexity index is 1330. The van der Waals surface area contributed by atoms with Gasteiger partial charge in [-0.15, -0.1) is 0 Å². The van der Waals surface area contributed by atoms with Crippen molar-refractivity contribution in [3.8, 4) is 6.07 Å². The van der Waals surface area contributed by atoms with Crippen LogP contribution < -0.4 is 16.6 Å². The summed E-state index contributed by atoms with van der Waals surface area (Å²) in [5, 5.41) is 26.4. The molecule has 1 fully saturated rings. The summed E-state index contributed by atoms with van der Waals surface area (Å²) in [6.07, 6.45) is -3.81. The second kappa shape index (κ2) is 9.05. The third kappa shape index (κ3) is 4.58. The van der Waals surface area contributed by atoms with Crippen molar-refractivity contribution in [2.24, 2.45) is 5.73 Å². The summed E-state index contributed by atoms with van der Waals surface area (Å²) in [6, 6.07) is 6.77. The van der Waals surface area contributed by atoms with Gasteiger partial charge >= 0.3 is 12.1 Å². The summed E-state index contributed by atoms with van der Waals surface area (Å²) >= 11 is 0. The number of fused-ring (bicyclic) bond motifs is 1. The van der Waals surface area contributed by atoms with Crippen LogP contribution >= 0.6 is 0 Å². The van der Waals surface area contributed by atoms with Crippen LogP contribution in [0.3, 0.4) is 0 Å². The number of pyridine rings is 1. The number of carboxylic acids is 1. The van der Waals surface area contributed by atoms with Crippen molar-refractivity contribution in [2.75, 3.05) is 11.9 Å². The number of hydrogen-bond acceptors (Lipinski definition) is 7. The summed E-state index contributed by atoms with van der Waals surface area (Å²) < 4.78 is 45.7. The second-order valence-electron chi connectivity index (χ2n) is 8.33. The molecule has 1 aromatic carbocycles. The van der Waals surface area contributed by atoms with E-state index in [9.17, 15) is 33.1 Å². The number of nitrogens with one attached hydrogen (secondary N) is 2. The SMILES string of the molecule is N#CCC1(n2nc(Nc3ccc(C(N)C(F)(F)F)cc3)c3c(=O)[nH]ccc32)CCC(C(=O)O)OC1. The number of nitrogens with two attached hydrogens (primary N) is 1. The van der Waals surface area contributed by atoms with Crippen molar-refractivity contribution in [3.63, 3.8) is 0 Å². The largest absolute Gasteiger partial charge is 0.479 e. The van der Waals surface area contributed by atoms with Gasteiger partial charge in [0.25, 0.3) is 5.56 Å². The lowest BCUT2D eigenvalue weighted by atomic mass is 9.87. The number of anilines is 2. The third-order valence-electron chi connectivity index (χ3n) is 6.05. The molecule has 3 atom stereocenters. The highest BCUT2D eigenvalue weighted by Gasteiger charge is 2.42. The lowest BCUT2D eigenvalue weighted by Gasteiger charge is -2.38. The zero-order chi connectivity index (χ0) is 25.4. The van der Waals surface area contributed by atoms with Gasteiger partial charge in [0.05, 0.1) is 30.2 Å². The number of nitriles is 1. The first-order valence-corrected chi connectivity index (χ1v) is 10.6. The molecule has 0 amide bonds. The Kier molecular flexibility index (Phi) is 6.27. The van der Waals surface area contributed by atoms with Gasteiger partial charge in [0, 0.05) is 11.9 Å². The Labute approximate surface area is 196 Å². The minimum atomic E-state index is -4.59. The summed E-state index contributed by atoms with van der Waals surface area (Å²) in [4.78, 5) is 26.5. The van der Waals surface area contributed by atoms with Crippen LogP contribution in [0.2, 0.25) is 0 Å². The molecular weight excluding hydrogens is 469 g/mol. The van der Waals surface area contributed by atoms with Crippen LogP contribution in [-0.2, 0) is 15.1 Å². The standard InChI is InChI=1S/C22H21F3N6O4/c23-22(24,25)17(27)12-1-3-13(4-2-12)29-18-16-14(6-10-28-19(16)32)31(30-18)21(8-9-26)7-5-15(20(33)34)35-11-21/h1-4,6,10,15,17H,5,7-8,11,27H2,(H,28,32)(H,29,30)(H,33,34). The molecule has 4 rings (SSSR count). The highest BCUT2D eigenvalue weighted by molar-refractivity contribution is 5.91. The summed E-state index contributed by atoms with van der Waals surface area (Å²) in [6.45, 7) is -0.107. The van der Waals surface area contributed by atoms with Crippen LogP contribution in [0.1, 0.15) is 30.9 Å². The molecule has 5 N–H and O–H groups in total. The number of carbonyl (C=O) groups is 1. The normalized spacial score (nSPS) is 21.4. The number of aromatic amines is 1. The third-order valence-corrected chi connectivity index (χ3v) is 6.05. The average Bonchev–Trinajstić information content (AvgIpc) is 3.19. The minimum Gasteiger partial charge on any atom is -0.479 e. The monoisotopic (exact) mass is 490 g/mol. The molecule has 1 saturated heterocycles. The molecule has 0 bridgehead atoms. The van der Waals surface area contributed by atoms with E-state index in [1.165, 1.54) is 35.1 Å². The molecule has 184 valence electrons. The van der Waals surface area contributed by atoms with E-state index < -0.39 is 35.4 Å². The molecule has 0 spiro atoms. The van der Waals surface area contributed by atoms with Crippen molar-refractivity contribution in [1.29, 1.82) is 5.26 Å². The maximum Gasteiger partial charge on any atom is 0.407 e. The highest BCUT2D eigenvalue weighted by Crippen LogP contribution is 2.37. The number of benzene rings is 1. The molecular formula is C22H21F3N6O4. The Morgan fingerprint density at radius 2 is 2.11 bits per heavy atom. The van der Waals surface area contributed by atoms with Gasteiger partial charge in [-0.1, -0.05) is 12.1 Å². The molecule has 2 aromatic heterocycles. The number of alkyl halides is 3. The fourth-order valence-corrected chi connectivity index (χ4v) is 4.16. The van der Waals surface area contributed by atoms with Crippen LogP contribution in [0, 0.1) is 11.3 Å². The van der Waals surface area contributed by atoms with Crippen molar-refractivity contribution in [2.45, 2.75) is 43.1 Å². The lowest BCUT2D eigenvalue weighted by Crippen LogP contribution is -2.46. The topological polar surface area (TPSA) is 159 Å². The fraction of sp³-hybridized carbons (Fsp3) is 0.364. The van der Waals surface area contributed by atoms with Gasteiger partial charge < -0.3 is 25.9 Å². The van der Waals surface area contributed by atoms with Gasteiger partial charge in [0.15, 0.2) is 11.9 Å². The first kappa shape index (κ1) is 24.2. The number of aliphatic carboxylic acids is 1. The van der Waals surface area contributed by atoms with Crippen LogP contribution in [0.25, 0.3) is 10.9 Å². The lowest BCUT2D eigenvalue weighted by molar-refractivity contribution is -0.158. The number of hydrogen-bond donors (Lipinski definition) is 4. The number of carboxylic acid groups (broad SMARTS) is 1. The molecule has 13 heteroatoms. The first-order valence-electron chi connectivity index (χ1n) is 10.6. The molecule has 35 heavy (non-hydrogen) atoms. The van der Waals surface area contributed by atoms with Gasteiger partial charge in [-0.25, -0.2) is 4.79 Å². The number of rotatable bonds is 6. The van der Waals surface area contributed by atoms with E-state index in [2.05, 4.69) is 21.5 Å². The van der Waals surface area contributed by atoms with E-state index in [0.29, 0.717) is 11.2 Å². The molecule has 1 aliphatic heterocycles. The number of aromatic nitrogens is 3. The molecule has 1 aliphatic rings. The summed E-state index contributed by atoms with van der Waals surface area (Å²) in [5.74, 6) is -0.985. The van der Waals surface area contributed by atoms with E-state index in [0.717, 1.165) is 0 Å². The number of halogens is 3. The van der Waals surface area contributed by atoms with Crippen LogP contribution in [0.4, 0.5) is 24.7 Å². The van der Waals surface area contributed by atoms with Crippen molar-refractivity contribution in [1.82, 2.24) is 14.8 Å². The zero-order valence-electron chi connectivity index (χ0n) is 18.2. The van der Waals surface area contributed by atoms with E-state index in [1.54, 1.807) is 6.07 Å². The predicted molar refractivity (Wildman–Crippen MR) is 118 cm³/mol. The Balaban J connectivity index is 1.73. The molecule has 3 unspecified atom stereocenters. The van der Waals surface area contributed by atoms with Gasteiger partial charge in [-0.2, -0.15) is 23.5 Å². The smallest absolute Gasteiger partial charge is 0.407 e. The van der Waals surface area contributed by atoms with Gasteiger partial charge in [0.2, 0.25) is 0 Å². The van der Waals surface area contributed by atoms with Crippen LogP contribution in [0.15, 0.2) is 41.3 Å². The van der Waals surface area contributed by atoms with E-state index in [1.807, 2.05) is 0 Å². The van der Waals surface area contributed by atoms with Crippen molar-refractivity contribution < 1.29 is 27.8 Å². The van der Waals surface area contributed by atoms with Gasteiger partial charge in [-0.05, 0) is 36.6 Å². The summed E-state index contributed by atoms with van der Waals surface area (Å²) in [7, 11) is 0. The maximum absolute atomic E-state index is 12.9. The van der Waals surface area contributed by atoms with E-state index >= 15 is 0 Å². The predicted octanol–water partition coefficient (Wildman–Crippen LogP) is 2.90. The Morgan fingerprint density at radius 3 is 2.69 bits per heavy atom. The van der Waals surface area contributed by atoms with Crippen LogP contribution in [-0.4, -0.2) is 44.7 Å². The molecule has 3 aromatic rings. The number of ether oxygens (including phenoxy) is 1. The quantitative estimate of drug-likeness (QED) is 0.410. The average molecular weight is 490 g/mol. The summed E-state index contributed by atoms with van der Waals surface area (Å²) in [5.41, 5.74) is 4.37. The molecule has 0 saturated carbocycles. The maximum atomic E-state index is 12.9. The Hall–Kier alpha value is -3.89. The molecule has 3 heterocycles. The fourth-order valence-electron chi connectivity index (χ4n) is 4.16. The van der Waals surface area contributed by atoms with Crippen molar-refractivity contribution in [3.05, 3.63) is 52.4 Å². The van der Waals surface area contributed by atoms with E-state index in [4.69, 9.17) is 10.5 Å². The van der Waals surface area contributed by atoms with Gasteiger partial charge in [-0.3, -0.25) is 9.48 Å². The molecule has 0 radical (unpaired) electrons.